The first kappa shape index (κ1) is 9.48. The summed E-state index contributed by atoms with van der Waals surface area (Å²) in [5.74, 6) is -0.338. The Bertz CT molecular complexity index is 160. The molecule has 0 aromatic heterocycles. The van der Waals surface area contributed by atoms with Gasteiger partial charge in [-0.15, -0.1) is 0 Å². The molecule has 0 saturated carbocycles. The first-order valence-corrected chi connectivity index (χ1v) is 2.77. The van der Waals surface area contributed by atoms with Gasteiger partial charge in [-0.1, -0.05) is 24.3 Å². The third kappa shape index (κ3) is 2.02. The van der Waals surface area contributed by atoms with Crippen molar-refractivity contribution in [1.82, 2.24) is 0 Å². The van der Waals surface area contributed by atoms with E-state index in [1.165, 1.54) is 7.11 Å². The summed E-state index contributed by atoms with van der Waals surface area (Å²) < 4.78 is 4.49. The molecular formula is C7H8CrO2. The Morgan fingerprint density at radius 3 is 2.30 bits per heavy atom. The predicted octanol–water partition coefficient (Wildman–Crippen LogP) is 0.899. The van der Waals surface area contributed by atoms with Crippen molar-refractivity contribution < 1.29 is 26.9 Å². The molecule has 0 bridgehead atoms. The zero-order valence-corrected chi connectivity index (χ0v) is 6.89. The van der Waals surface area contributed by atoms with Gasteiger partial charge in [0.15, 0.2) is 0 Å². The van der Waals surface area contributed by atoms with Gasteiger partial charge in [-0.05, 0) is 0 Å². The normalized spacial score (nSPS) is 14.9. The number of esters is 1. The van der Waals surface area contributed by atoms with Crippen LogP contribution in [0.15, 0.2) is 24.3 Å². The smallest absolute Gasteiger partial charge is 0.316 e. The van der Waals surface area contributed by atoms with Gasteiger partial charge in [0.25, 0.3) is 0 Å². The van der Waals surface area contributed by atoms with Crippen molar-refractivity contribution >= 4 is 5.97 Å². The average molecular weight is 176 g/mol. The molecule has 2 nitrogen and oxygen atoms in total. The molecule has 0 heterocycles. The van der Waals surface area contributed by atoms with E-state index in [-0.39, 0.29) is 29.2 Å². The Morgan fingerprint density at radius 2 is 1.90 bits per heavy atom. The summed E-state index contributed by atoms with van der Waals surface area (Å²) in [6.07, 6.45) is 7.26. The molecule has 0 aromatic rings. The fourth-order valence-electron chi connectivity index (χ4n) is 0.725. The van der Waals surface area contributed by atoms with Crippen LogP contribution in [-0.2, 0) is 26.9 Å². The largest absolute Gasteiger partial charge is 0.468 e. The molecule has 0 spiro atoms. The van der Waals surface area contributed by atoms with Crippen LogP contribution in [0.4, 0.5) is 0 Å². The van der Waals surface area contributed by atoms with Gasteiger partial charge < -0.3 is 4.74 Å². The van der Waals surface area contributed by atoms with E-state index in [2.05, 4.69) is 4.74 Å². The summed E-state index contributed by atoms with van der Waals surface area (Å²) in [7, 11) is 1.39. The number of ether oxygens (including phenoxy) is 1. The second kappa shape index (κ2) is 4.32. The summed E-state index contributed by atoms with van der Waals surface area (Å²) in [5, 5.41) is 0. The van der Waals surface area contributed by atoms with Gasteiger partial charge >= 0.3 is 5.97 Å². The molecule has 3 heteroatoms. The SMILES string of the molecule is COC(=O)C1C=CC=C1.[Cr]. The van der Waals surface area contributed by atoms with Crippen LogP contribution in [0.3, 0.4) is 0 Å². The van der Waals surface area contributed by atoms with E-state index in [0.717, 1.165) is 0 Å². The van der Waals surface area contributed by atoms with E-state index in [9.17, 15) is 4.79 Å². The first-order chi connectivity index (χ1) is 4.34. The van der Waals surface area contributed by atoms with Gasteiger partial charge in [0.1, 0.15) is 0 Å². The third-order valence-electron chi connectivity index (χ3n) is 1.22. The van der Waals surface area contributed by atoms with Crippen molar-refractivity contribution in [3.05, 3.63) is 24.3 Å². The molecule has 1 aliphatic rings. The number of hydrogen-bond acceptors (Lipinski definition) is 2. The van der Waals surface area contributed by atoms with Crippen molar-refractivity contribution in [1.29, 1.82) is 0 Å². The predicted molar refractivity (Wildman–Crippen MR) is 33.8 cm³/mol. The van der Waals surface area contributed by atoms with E-state index in [1.54, 1.807) is 12.2 Å². The molecule has 0 aliphatic heterocycles. The zero-order chi connectivity index (χ0) is 6.69. The van der Waals surface area contributed by atoms with E-state index in [4.69, 9.17) is 0 Å². The van der Waals surface area contributed by atoms with E-state index >= 15 is 0 Å². The molecule has 0 amide bonds. The number of hydrogen-bond donors (Lipinski definition) is 0. The van der Waals surface area contributed by atoms with Gasteiger partial charge in [-0.25, -0.2) is 0 Å². The number of methoxy groups -OCH3 is 1. The number of allylic oxidation sites excluding steroid dienone is 2. The molecule has 0 N–H and O–H groups in total. The molecule has 0 atom stereocenters. The van der Waals surface area contributed by atoms with E-state index in [1.807, 2.05) is 12.2 Å². The van der Waals surface area contributed by atoms with Gasteiger partial charge in [0.05, 0.1) is 13.0 Å². The molecule has 1 rings (SSSR count). The Morgan fingerprint density at radius 1 is 1.40 bits per heavy atom. The maximum atomic E-state index is 10.7. The Balaban J connectivity index is 0.000000810. The standard InChI is InChI=1S/C7H8O2.Cr/c1-9-7(8)6-4-2-3-5-6;/h2-6H,1H3;. The molecule has 1 aliphatic carbocycles. The van der Waals surface area contributed by atoms with Crippen LogP contribution in [-0.4, -0.2) is 13.1 Å². The maximum absolute atomic E-state index is 10.7. The summed E-state index contributed by atoms with van der Waals surface area (Å²) in [5.41, 5.74) is 0. The number of carbonyl (C=O) groups is 1. The second-order valence-electron chi connectivity index (χ2n) is 1.82. The van der Waals surface area contributed by atoms with Crippen molar-refractivity contribution in [3.63, 3.8) is 0 Å². The van der Waals surface area contributed by atoms with E-state index in [0.29, 0.717) is 0 Å². The molecule has 0 fully saturated rings. The van der Waals surface area contributed by atoms with Gasteiger partial charge in [0.2, 0.25) is 0 Å². The Kier molecular flexibility index (Phi) is 4.10. The number of rotatable bonds is 1. The Labute approximate surface area is 70.7 Å². The summed E-state index contributed by atoms with van der Waals surface area (Å²) >= 11 is 0. The van der Waals surface area contributed by atoms with Crippen LogP contribution in [0.1, 0.15) is 0 Å². The van der Waals surface area contributed by atoms with Crippen LogP contribution < -0.4 is 0 Å². The number of carbonyl (C=O) groups excluding carboxylic acids is 1. The van der Waals surface area contributed by atoms with Crippen LogP contribution in [0.5, 0.6) is 0 Å². The van der Waals surface area contributed by atoms with Crippen molar-refractivity contribution in [3.8, 4) is 0 Å². The molecule has 54 valence electrons. The zero-order valence-electron chi connectivity index (χ0n) is 5.61. The monoisotopic (exact) mass is 176 g/mol. The van der Waals surface area contributed by atoms with Gasteiger partial charge in [-0.3, -0.25) is 4.79 Å². The van der Waals surface area contributed by atoms with Crippen LogP contribution in [0.25, 0.3) is 0 Å². The van der Waals surface area contributed by atoms with Crippen LogP contribution in [0, 0.1) is 5.92 Å². The van der Waals surface area contributed by atoms with Crippen LogP contribution >= 0.6 is 0 Å². The summed E-state index contributed by atoms with van der Waals surface area (Å²) in [4.78, 5) is 10.7. The summed E-state index contributed by atoms with van der Waals surface area (Å²) in [6, 6.07) is 0. The molecule has 0 unspecified atom stereocenters. The molecule has 10 heavy (non-hydrogen) atoms. The average Bonchev–Trinajstić information content (AvgIpc) is 2.37. The topological polar surface area (TPSA) is 26.3 Å². The molecular weight excluding hydrogens is 168 g/mol. The Hall–Kier alpha value is -0.518. The van der Waals surface area contributed by atoms with Gasteiger partial charge in [-0.2, -0.15) is 0 Å². The van der Waals surface area contributed by atoms with Gasteiger partial charge in [0, 0.05) is 17.4 Å². The minimum absolute atomic E-state index is 0. The molecule has 0 aromatic carbocycles. The fourth-order valence-corrected chi connectivity index (χ4v) is 0.725. The van der Waals surface area contributed by atoms with Crippen molar-refractivity contribution in [2.75, 3.05) is 7.11 Å². The third-order valence-corrected chi connectivity index (χ3v) is 1.22. The molecule has 0 saturated heterocycles. The quantitative estimate of drug-likeness (QED) is 0.555. The minimum Gasteiger partial charge on any atom is -0.468 e. The maximum Gasteiger partial charge on any atom is 0.316 e. The van der Waals surface area contributed by atoms with E-state index < -0.39 is 0 Å². The summed E-state index contributed by atoms with van der Waals surface area (Å²) in [6.45, 7) is 0. The minimum atomic E-state index is -0.194. The second-order valence-corrected chi connectivity index (χ2v) is 1.82. The molecule has 0 radical (unpaired) electrons. The van der Waals surface area contributed by atoms with Crippen molar-refractivity contribution in [2.45, 2.75) is 0 Å². The van der Waals surface area contributed by atoms with Crippen molar-refractivity contribution in [2.24, 2.45) is 5.92 Å². The fraction of sp³-hybridized carbons (Fsp3) is 0.286. The first-order valence-electron chi connectivity index (χ1n) is 2.77. The van der Waals surface area contributed by atoms with Crippen LogP contribution in [0.2, 0.25) is 0 Å².